The molecule has 0 atom stereocenters. The fraction of sp³-hybridized carbons (Fsp3) is 0.364. The van der Waals surface area contributed by atoms with Gasteiger partial charge in [0.05, 0.1) is 22.7 Å². The van der Waals surface area contributed by atoms with Crippen molar-refractivity contribution in [1.82, 2.24) is 14.9 Å². The summed E-state index contributed by atoms with van der Waals surface area (Å²) in [5, 5.41) is 3.57. The van der Waals surface area contributed by atoms with Gasteiger partial charge in [-0.25, -0.2) is 4.98 Å². The molecule has 0 spiro atoms. The molecule has 1 aromatic heterocycles. The van der Waals surface area contributed by atoms with E-state index in [1.54, 1.807) is 0 Å². The highest BCUT2D eigenvalue weighted by Crippen LogP contribution is 2.23. The average Bonchev–Trinajstić information content (AvgIpc) is 3.06. The van der Waals surface area contributed by atoms with E-state index in [-0.39, 0.29) is 5.91 Å². The van der Waals surface area contributed by atoms with Crippen LogP contribution >= 0.6 is 11.6 Å². The molecule has 1 amide bonds. The van der Waals surface area contributed by atoms with Crippen molar-refractivity contribution in [3.05, 3.63) is 59.4 Å². The fourth-order valence-corrected chi connectivity index (χ4v) is 3.31. The lowest BCUT2D eigenvalue weighted by Crippen LogP contribution is -2.25. The van der Waals surface area contributed by atoms with Gasteiger partial charge in [-0.1, -0.05) is 42.8 Å². The highest BCUT2D eigenvalue weighted by atomic mass is 35.5. The minimum absolute atomic E-state index is 0.0689. The number of aryl methyl sites for hydroxylation is 1. The summed E-state index contributed by atoms with van der Waals surface area (Å²) in [5.41, 5.74) is 2.12. The first-order valence-corrected chi connectivity index (χ1v) is 10.1. The Bertz CT molecular complexity index is 923. The van der Waals surface area contributed by atoms with Crippen LogP contribution in [-0.4, -0.2) is 28.6 Å². The molecule has 0 aliphatic carbocycles. The van der Waals surface area contributed by atoms with E-state index in [1.807, 2.05) is 49.4 Å². The summed E-state index contributed by atoms with van der Waals surface area (Å²) in [6, 6.07) is 15.7. The Labute approximate surface area is 170 Å². The quantitative estimate of drug-likeness (QED) is 0.506. The van der Waals surface area contributed by atoms with E-state index in [1.165, 1.54) is 0 Å². The van der Waals surface area contributed by atoms with E-state index >= 15 is 0 Å². The fourth-order valence-electron chi connectivity index (χ4n) is 3.12. The van der Waals surface area contributed by atoms with Crippen molar-refractivity contribution in [2.45, 2.75) is 39.2 Å². The number of fused-ring (bicyclic) bond motifs is 1. The third-order valence-corrected chi connectivity index (χ3v) is 4.91. The lowest BCUT2D eigenvalue weighted by Gasteiger charge is -2.11. The number of para-hydroxylation sites is 3. The summed E-state index contributed by atoms with van der Waals surface area (Å²) in [4.78, 5) is 16.2. The second-order valence-corrected chi connectivity index (χ2v) is 7.02. The predicted molar refractivity (Wildman–Crippen MR) is 113 cm³/mol. The van der Waals surface area contributed by atoms with Gasteiger partial charge in [-0.05, 0) is 37.1 Å². The first kappa shape index (κ1) is 20.2. The molecule has 5 nitrogen and oxygen atoms in total. The van der Waals surface area contributed by atoms with Crippen LogP contribution in [0.4, 0.5) is 0 Å². The molecule has 0 unspecified atom stereocenters. The Morgan fingerprint density at radius 1 is 1.14 bits per heavy atom. The van der Waals surface area contributed by atoms with Crippen LogP contribution in [-0.2, 0) is 17.8 Å². The number of nitrogens with zero attached hydrogens (tertiary/aromatic N) is 2. The monoisotopic (exact) mass is 399 g/mol. The summed E-state index contributed by atoms with van der Waals surface area (Å²) in [6.45, 7) is 3.95. The molecule has 0 bridgehead atoms. The number of hydrogen-bond donors (Lipinski definition) is 1. The number of halogens is 1. The topological polar surface area (TPSA) is 56.2 Å². The number of nitrogens with one attached hydrogen (secondary N) is 1. The number of rotatable bonds is 10. The zero-order valence-corrected chi connectivity index (χ0v) is 16.9. The van der Waals surface area contributed by atoms with E-state index in [0.29, 0.717) is 24.6 Å². The van der Waals surface area contributed by atoms with E-state index < -0.39 is 0 Å². The number of benzene rings is 2. The Kier molecular flexibility index (Phi) is 7.31. The molecule has 1 heterocycles. The van der Waals surface area contributed by atoms with E-state index in [9.17, 15) is 4.79 Å². The van der Waals surface area contributed by atoms with E-state index in [4.69, 9.17) is 21.3 Å². The van der Waals surface area contributed by atoms with Crippen LogP contribution in [0.3, 0.4) is 0 Å². The number of unbranched alkanes of at least 4 members (excludes halogenated alkanes) is 1. The lowest BCUT2D eigenvalue weighted by molar-refractivity contribution is -0.120. The van der Waals surface area contributed by atoms with Gasteiger partial charge < -0.3 is 14.6 Å². The van der Waals surface area contributed by atoms with Gasteiger partial charge in [0.15, 0.2) is 0 Å². The number of carbonyl (C=O) groups is 1. The number of hydrogen-bond acceptors (Lipinski definition) is 3. The SMILES string of the molecule is CCC(=O)NCCc1nc2ccccc2n1CCCCOc1ccccc1Cl. The summed E-state index contributed by atoms with van der Waals surface area (Å²) in [5.74, 6) is 1.80. The summed E-state index contributed by atoms with van der Waals surface area (Å²) >= 11 is 6.12. The standard InChI is InChI=1S/C22H26ClN3O2/c1-2-22(27)24-14-13-21-25-18-10-4-5-11-19(18)26(21)15-7-8-16-28-20-12-6-3-9-17(20)23/h3-6,9-12H,2,7-8,13-16H2,1H3,(H,24,27). The minimum Gasteiger partial charge on any atom is -0.492 e. The Morgan fingerprint density at radius 3 is 2.75 bits per heavy atom. The number of aromatic nitrogens is 2. The normalized spacial score (nSPS) is 10.9. The Morgan fingerprint density at radius 2 is 1.93 bits per heavy atom. The van der Waals surface area contributed by atoms with Crippen molar-refractivity contribution < 1.29 is 9.53 Å². The lowest BCUT2D eigenvalue weighted by atomic mass is 10.2. The molecule has 0 aliphatic rings. The van der Waals surface area contributed by atoms with Gasteiger partial charge in [0, 0.05) is 25.9 Å². The van der Waals surface area contributed by atoms with Crippen molar-refractivity contribution in [2.24, 2.45) is 0 Å². The Hall–Kier alpha value is -2.53. The third-order valence-electron chi connectivity index (χ3n) is 4.60. The maximum absolute atomic E-state index is 11.5. The van der Waals surface area contributed by atoms with Gasteiger partial charge in [0.1, 0.15) is 11.6 Å². The molecule has 3 rings (SSSR count). The zero-order valence-electron chi connectivity index (χ0n) is 16.2. The maximum atomic E-state index is 11.5. The van der Waals surface area contributed by atoms with Gasteiger partial charge in [-0.2, -0.15) is 0 Å². The molecule has 3 aromatic rings. The van der Waals surface area contributed by atoms with E-state index in [0.717, 1.165) is 48.4 Å². The molecule has 0 radical (unpaired) electrons. The molecule has 0 saturated heterocycles. The van der Waals surface area contributed by atoms with Crippen LogP contribution in [0.1, 0.15) is 32.0 Å². The molecule has 148 valence electrons. The zero-order chi connectivity index (χ0) is 19.8. The highest BCUT2D eigenvalue weighted by molar-refractivity contribution is 6.32. The van der Waals surface area contributed by atoms with Crippen molar-refractivity contribution in [1.29, 1.82) is 0 Å². The molecule has 6 heteroatoms. The van der Waals surface area contributed by atoms with Crippen molar-refractivity contribution in [2.75, 3.05) is 13.2 Å². The highest BCUT2D eigenvalue weighted by Gasteiger charge is 2.10. The van der Waals surface area contributed by atoms with Gasteiger partial charge in [-0.3, -0.25) is 4.79 Å². The molecule has 0 aliphatic heterocycles. The molecular weight excluding hydrogens is 374 g/mol. The minimum atomic E-state index is 0.0689. The van der Waals surface area contributed by atoms with Gasteiger partial charge in [0.2, 0.25) is 5.91 Å². The second kappa shape index (κ2) is 10.1. The first-order chi connectivity index (χ1) is 13.7. The van der Waals surface area contributed by atoms with Gasteiger partial charge in [0.25, 0.3) is 0 Å². The number of ether oxygens (including phenoxy) is 1. The van der Waals surface area contributed by atoms with Gasteiger partial charge in [-0.15, -0.1) is 0 Å². The molecule has 0 saturated carbocycles. The molecule has 1 N–H and O–H groups in total. The van der Waals surface area contributed by atoms with Crippen LogP contribution in [0.5, 0.6) is 5.75 Å². The van der Waals surface area contributed by atoms with E-state index in [2.05, 4.69) is 16.0 Å². The molecule has 28 heavy (non-hydrogen) atoms. The van der Waals surface area contributed by atoms with Crippen molar-refractivity contribution >= 4 is 28.5 Å². The van der Waals surface area contributed by atoms with Crippen LogP contribution in [0.25, 0.3) is 11.0 Å². The number of carbonyl (C=O) groups excluding carboxylic acids is 1. The van der Waals surface area contributed by atoms with Crippen LogP contribution in [0.15, 0.2) is 48.5 Å². The van der Waals surface area contributed by atoms with Crippen molar-refractivity contribution in [3.8, 4) is 5.75 Å². The van der Waals surface area contributed by atoms with Gasteiger partial charge >= 0.3 is 0 Å². The Balaban J connectivity index is 1.57. The maximum Gasteiger partial charge on any atom is 0.219 e. The van der Waals surface area contributed by atoms with Crippen LogP contribution < -0.4 is 10.1 Å². The second-order valence-electron chi connectivity index (χ2n) is 6.61. The molecular formula is C22H26ClN3O2. The van der Waals surface area contributed by atoms with Crippen molar-refractivity contribution in [3.63, 3.8) is 0 Å². The largest absolute Gasteiger partial charge is 0.492 e. The summed E-state index contributed by atoms with van der Waals surface area (Å²) < 4.78 is 8.03. The molecule has 2 aromatic carbocycles. The smallest absolute Gasteiger partial charge is 0.219 e. The number of imidazole rings is 1. The third kappa shape index (κ3) is 5.26. The summed E-state index contributed by atoms with van der Waals surface area (Å²) in [6.07, 6.45) is 3.11. The number of amides is 1. The first-order valence-electron chi connectivity index (χ1n) is 9.77. The van der Waals surface area contributed by atoms with Crippen LogP contribution in [0, 0.1) is 0 Å². The summed E-state index contributed by atoms with van der Waals surface area (Å²) in [7, 11) is 0. The molecule has 0 fully saturated rings. The average molecular weight is 400 g/mol. The predicted octanol–water partition coefficient (Wildman–Crippen LogP) is 4.62. The van der Waals surface area contributed by atoms with Crippen LogP contribution in [0.2, 0.25) is 5.02 Å².